The number of carbonyl (C=O) groups is 2. The molecule has 16 heavy (non-hydrogen) atoms. The van der Waals surface area contributed by atoms with Crippen LogP contribution in [0.15, 0.2) is 0 Å². The van der Waals surface area contributed by atoms with Gasteiger partial charge in [-0.1, -0.05) is 0 Å². The third-order valence-corrected chi connectivity index (χ3v) is 3.76. The highest BCUT2D eigenvalue weighted by atomic mass is 32.2. The van der Waals surface area contributed by atoms with Crippen molar-refractivity contribution in [2.75, 3.05) is 5.75 Å². The number of carbonyl (C=O) groups excluding carboxylic acids is 2. The van der Waals surface area contributed by atoms with Crippen LogP contribution < -0.4 is 0 Å². The predicted octanol–water partition coefficient (Wildman–Crippen LogP) is 2.27. The van der Waals surface area contributed by atoms with Crippen LogP contribution in [0.25, 0.3) is 0 Å². The Morgan fingerprint density at radius 3 is 2.50 bits per heavy atom. The zero-order valence-electron chi connectivity index (χ0n) is 10.4. The van der Waals surface area contributed by atoms with Crippen LogP contribution in [-0.4, -0.2) is 39.5 Å². The predicted molar refractivity (Wildman–Crippen MR) is 64.5 cm³/mol. The van der Waals surface area contributed by atoms with Gasteiger partial charge in [0.15, 0.2) is 6.29 Å². The average molecular weight is 245 g/mol. The van der Waals surface area contributed by atoms with Crippen LogP contribution >= 0.6 is 11.8 Å². The number of amides is 1. The molecule has 0 N–H and O–H groups in total. The van der Waals surface area contributed by atoms with Crippen molar-refractivity contribution in [1.82, 2.24) is 4.90 Å². The lowest BCUT2D eigenvalue weighted by Gasteiger charge is -2.34. The van der Waals surface area contributed by atoms with E-state index < -0.39 is 17.1 Å². The molecule has 5 heteroatoms. The van der Waals surface area contributed by atoms with Crippen LogP contribution in [-0.2, 0) is 9.53 Å². The third-order valence-electron chi connectivity index (χ3n) is 2.22. The van der Waals surface area contributed by atoms with Crippen LogP contribution in [0.1, 0.15) is 34.6 Å². The van der Waals surface area contributed by atoms with Gasteiger partial charge in [-0.15, -0.1) is 11.8 Å². The molecule has 0 aliphatic carbocycles. The standard InChI is InChI=1S/C11H19NO3S/c1-10(2,3)15-9(14)12-8(6-13)16-7-11(12,4)5/h6,8H,7H2,1-5H3. The van der Waals surface area contributed by atoms with E-state index in [1.807, 2.05) is 34.6 Å². The fourth-order valence-corrected chi connectivity index (χ4v) is 2.86. The molecule has 1 amide bonds. The van der Waals surface area contributed by atoms with E-state index in [2.05, 4.69) is 0 Å². The number of nitrogens with zero attached hydrogens (tertiary/aromatic N) is 1. The lowest BCUT2D eigenvalue weighted by atomic mass is 10.1. The van der Waals surface area contributed by atoms with Gasteiger partial charge in [-0.25, -0.2) is 4.79 Å². The van der Waals surface area contributed by atoms with E-state index in [4.69, 9.17) is 4.74 Å². The molecular weight excluding hydrogens is 226 g/mol. The summed E-state index contributed by atoms with van der Waals surface area (Å²) in [6, 6.07) is 0. The molecule has 4 nitrogen and oxygen atoms in total. The number of hydrogen-bond donors (Lipinski definition) is 0. The van der Waals surface area contributed by atoms with Gasteiger partial charge < -0.3 is 9.53 Å². The Bertz CT molecular complexity index is 296. The van der Waals surface area contributed by atoms with E-state index >= 15 is 0 Å². The van der Waals surface area contributed by atoms with Crippen molar-refractivity contribution < 1.29 is 14.3 Å². The molecule has 0 aromatic rings. The van der Waals surface area contributed by atoms with Gasteiger partial charge in [0.1, 0.15) is 11.0 Å². The first kappa shape index (κ1) is 13.4. The lowest BCUT2D eigenvalue weighted by Crippen LogP contribution is -2.50. The number of thioether (sulfide) groups is 1. The molecule has 92 valence electrons. The minimum absolute atomic E-state index is 0.335. The molecule has 1 saturated heterocycles. The quantitative estimate of drug-likeness (QED) is 0.665. The maximum Gasteiger partial charge on any atom is 0.412 e. The van der Waals surface area contributed by atoms with Crippen LogP contribution in [0.5, 0.6) is 0 Å². The highest BCUT2D eigenvalue weighted by Crippen LogP contribution is 2.36. The summed E-state index contributed by atoms with van der Waals surface area (Å²) in [5.74, 6) is 0.746. The van der Waals surface area contributed by atoms with Crippen molar-refractivity contribution in [2.24, 2.45) is 0 Å². The molecule has 1 rings (SSSR count). The Morgan fingerprint density at radius 2 is 2.06 bits per heavy atom. The summed E-state index contributed by atoms with van der Waals surface area (Å²) in [5.41, 5.74) is -0.869. The van der Waals surface area contributed by atoms with E-state index in [-0.39, 0.29) is 5.54 Å². The third kappa shape index (κ3) is 2.90. The van der Waals surface area contributed by atoms with E-state index in [9.17, 15) is 9.59 Å². The zero-order valence-corrected chi connectivity index (χ0v) is 11.3. The van der Waals surface area contributed by atoms with Gasteiger partial charge in [0, 0.05) is 5.75 Å². The molecule has 0 aromatic carbocycles. The Hall–Kier alpha value is -0.710. The second-order valence-corrected chi connectivity index (χ2v) is 6.61. The van der Waals surface area contributed by atoms with Crippen LogP contribution in [0.3, 0.4) is 0 Å². The van der Waals surface area contributed by atoms with Crippen LogP contribution in [0.2, 0.25) is 0 Å². The second-order valence-electron chi connectivity index (χ2n) is 5.50. The summed E-state index contributed by atoms with van der Waals surface area (Å²) in [6.45, 7) is 9.33. The summed E-state index contributed by atoms with van der Waals surface area (Å²) in [5, 5.41) is -0.426. The summed E-state index contributed by atoms with van der Waals surface area (Å²) in [7, 11) is 0. The Morgan fingerprint density at radius 1 is 1.50 bits per heavy atom. The van der Waals surface area contributed by atoms with Gasteiger partial charge in [0.25, 0.3) is 0 Å². The SMILES string of the molecule is CC(C)(C)OC(=O)N1C(C=O)SCC1(C)C. The first-order valence-corrected chi connectivity index (χ1v) is 6.31. The van der Waals surface area contributed by atoms with Gasteiger partial charge in [-0.05, 0) is 34.6 Å². The zero-order chi connectivity index (χ0) is 12.6. The minimum atomic E-state index is -0.534. The normalized spacial score (nSPS) is 24.3. The second kappa shape index (κ2) is 4.28. The summed E-state index contributed by atoms with van der Waals surface area (Å²) in [6.07, 6.45) is 0.378. The Balaban J connectivity index is 2.83. The van der Waals surface area contributed by atoms with Gasteiger partial charge in [-0.3, -0.25) is 4.90 Å². The van der Waals surface area contributed by atoms with Crippen molar-refractivity contribution in [3.63, 3.8) is 0 Å². The fraction of sp³-hybridized carbons (Fsp3) is 0.818. The van der Waals surface area contributed by atoms with E-state index in [1.54, 1.807) is 0 Å². The molecule has 1 heterocycles. The van der Waals surface area contributed by atoms with Crippen molar-refractivity contribution in [3.05, 3.63) is 0 Å². The van der Waals surface area contributed by atoms with E-state index in [0.29, 0.717) is 0 Å². The van der Waals surface area contributed by atoms with E-state index in [1.165, 1.54) is 16.7 Å². The monoisotopic (exact) mass is 245 g/mol. The largest absolute Gasteiger partial charge is 0.444 e. The van der Waals surface area contributed by atoms with Gasteiger partial charge >= 0.3 is 6.09 Å². The maximum atomic E-state index is 12.0. The number of hydrogen-bond acceptors (Lipinski definition) is 4. The molecule has 0 radical (unpaired) electrons. The Labute approximate surface area is 101 Å². The minimum Gasteiger partial charge on any atom is -0.444 e. The van der Waals surface area contributed by atoms with Crippen LogP contribution in [0, 0.1) is 0 Å². The summed E-state index contributed by atoms with van der Waals surface area (Å²) < 4.78 is 5.30. The van der Waals surface area contributed by atoms with Crippen molar-refractivity contribution in [3.8, 4) is 0 Å². The average Bonchev–Trinajstić information content (AvgIpc) is 2.37. The fourth-order valence-electron chi connectivity index (χ4n) is 1.54. The molecule has 1 fully saturated rings. The topological polar surface area (TPSA) is 46.6 Å². The van der Waals surface area contributed by atoms with Gasteiger partial charge in [0.2, 0.25) is 0 Å². The first-order valence-electron chi connectivity index (χ1n) is 5.26. The van der Waals surface area contributed by atoms with E-state index in [0.717, 1.165) is 12.0 Å². The van der Waals surface area contributed by atoms with Crippen LogP contribution in [0.4, 0.5) is 4.79 Å². The molecule has 1 aliphatic heterocycles. The Kier molecular flexibility index (Phi) is 3.57. The highest BCUT2D eigenvalue weighted by molar-refractivity contribution is 8.00. The molecule has 1 atom stereocenters. The van der Waals surface area contributed by atoms with Gasteiger partial charge in [-0.2, -0.15) is 0 Å². The lowest BCUT2D eigenvalue weighted by molar-refractivity contribution is -0.110. The maximum absolute atomic E-state index is 12.0. The smallest absolute Gasteiger partial charge is 0.412 e. The van der Waals surface area contributed by atoms with Gasteiger partial charge in [0.05, 0.1) is 5.54 Å². The van der Waals surface area contributed by atoms with Crippen molar-refractivity contribution in [1.29, 1.82) is 0 Å². The summed E-state index contributed by atoms with van der Waals surface area (Å²) in [4.78, 5) is 24.4. The molecular formula is C11H19NO3S. The molecule has 1 unspecified atom stereocenters. The number of ether oxygens (including phenoxy) is 1. The molecule has 0 spiro atoms. The first-order chi connectivity index (χ1) is 7.17. The molecule has 0 aromatic heterocycles. The molecule has 0 bridgehead atoms. The number of aldehydes is 1. The summed E-state index contributed by atoms with van der Waals surface area (Å²) >= 11 is 1.47. The molecule has 0 saturated carbocycles. The number of rotatable bonds is 1. The highest BCUT2D eigenvalue weighted by Gasteiger charge is 2.44. The van der Waals surface area contributed by atoms with Crippen molar-refractivity contribution in [2.45, 2.75) is 51.1 Å². The van der Waals surface area contributed by atoms with Crippen molar-refractivity contribution >= 4 is 24.1 Å². The molecule has 1 aliphatic rings.